The molecule has 5 nitrogen and oxygen atoms in total. The average molecular weight is 438 g/mol. The van der Waals surface area contributed by atoms with Gasteiger partial charge in [0.05, 0.1) is 25.1 Å². The lowest BCUT2D eigenvalue weighted by atomic mass is 10.1. The molecule has 1 heterocycles. The van der Waals surface area contributed by atoms with Gasteiger partial charge in [0.2, 0.25) is 5.13 Å². The van der Waals surface area contributed by atoms with Gasteiger partial charge < -0.3 is 9.47 Å². The van der Waals surface area contributed by atoms with E-state index in [2.05, 4.69) is 41.5 Å². The summed E-state index contributed by atoms with van der Waals surface area (Å²) in [6.07, 6.45) is 6.49. The summed E-state index contributed by atoms with van der Waals surface area (Å²) in [6, 6.07) is 16.1. The lowest BCUT2D eigenvalue weighted by Crippen LogP contribution is -2.02. The van der Waals surface area contributed by atoms with Crippen molar-refractivity contribution in [3.63, 3.8) is 0 Å². The first-order chi connectivity index (χ1) is 15.2. The van der Waals surface area contributed by atoms with Crippen LogP contribution in [0.5, 0.6) is 11.5 Å². The molecule has 3 aromatic rings. The summed E-state index contributed by atoms with van der Waals surface area (Å²) in [6.45, 7) is 7.56. The molecule has 0 amide bonds. The minimum absolute atomic E-state index is 0.589. The van der Waals surface area contributed by atoms with E-state index in [1.54, 1.807) is 17.6 Å². The third-order valence-corrected chi connectivity index (χ3v) is 5.62. The molecule has 164 valence electrons. The van der Waals surface area contributed by atoms with Crippen LogP contribution in [0.1, 0.15) is 50.0 Å². The van der Waals surface area contributed by atoms with Crippen molar-refractivity contribution in [2.24, 2.45) is 5.10 Å². The van der Waals surface area contributed by atoms with Crippen molar-refractivity contribution >= 4 is 22.7 Å². The molecule has 2 aromatic carbocycles. The van der Waals surface area contributed by atoms with Gasteiger partial charge in [-0.15, -0.1) is 11.3 Å². The van der Waals surface area contributed by atoms with E-state index in [1.807, 2.05) is 43.3 Å². The van der Waals surface area contributed by atoms with E-state index >= 15 is 0 Å². The maximum atomic E-state index is 5.93. The Morgan fingerprint density at radius 3 is 2.61 bits per heavy atom. The SMILES string of the molecule is CCCCCCOc1ccc(/C=N/Nc2nc(-c3ccccc3)c(C)s2)cc1OCC. The van der Waals surface area contributed by atoms with Crippen molar-refractivity contribution in [1.82, 2.24) is 4.98 Å². The summed E-state index contributed by atoms with van der Waals surface area (Å²) < 4.78 is 11.7. The standard InChI is InChI=1S/C25H31N3O2S/c1-4-6-7-11-16-30-22-15-14-20(17-23(22)29-5-2)18-26-28-25-27-24(19(3)31-25)21-12-9-8-10-13-21/h8-10,12-15,17-18H,4-7,11,16H2,1-3H3,(H,27,28)/b26-18+. The molecule has 31 heavy (non-hydrogen) atoms. The molecule has 0 aliphatic heterocycles. The highest BCUT2D eigenvalue weighted by atomic mass is 32.1. The Morgan fingerprint density at radius 2 is 1.84 bits per heavy atom. The van der Waals surface area contributed by atoms with Crippen molar-refractivity contribution in [3.05, 3.63) is 59.0 Å². The monoisotopic (exact) mass is 437 g/mol. The summed E-state index contributed by atoms with van der Waals surface area (Å²) in [5.74, 6) is 1.53. The molecule has 0 saturated heterocycles. The number of anilines is 1. The van der Waals surface area contributed by atoms with E-state index in [-0.39, 0.29) is 0 Å². The van der Waals surface area contributed by atoms with Gasteiger partial charge in [-0.25, -0.2) is 4.98 Å². The minimum atomic E-state index is 0.589. The number of nitrogens with one attached hydrogen (secondary N) is 1. The minimum Gasteiger partial charge on any atom is -0.490 e. The molecule has 0 fully saturated rings. The van der Waals surface area contributed by atoms with E-state index in [4.69, 9.17) is 9.47 Å². The number of hydrogen-bond donors (Lipinski definition) is 1. The molecule has 0 aliphatic carbocycles. The average Bonchev–Trinajstić information content (AvgIpc) is 3.16. The predicted octanol–water partition coefficient (Wildman–Crippen LogP) is 6.92. The molecular formula is C25H31N3O2S. The number of rotatable bonds is 12. The van der Waals surface area contributed by atoms with Crippen LogP contribution in [-0.2, 0) is 0 Å². The number of hydrazone groups is 1. The Hall–Kier alpha value is -2.86. The van der Waals surface area contributed by atoms with Crippen LogP contribution in [0.15, 0.2) is 53.6 Å². The highest BCUT2D eigenvalue weighted by Crippen LogP contribution is 2.30. The van der Waals surface area contributed by atoms with Crippen LogP contribution >= 0.6 is 11.3 Å². The van der Waals surface area contributed by atoms with Crippen molar-refractivity contribution in [1.29, 1.82) is 0 Å². The van der Waals surface area contributed by atoms with E-state index < -0.39 is 0 Å². The first kappa shape index (κ1) is 22.8. The Morgan fingerprint density at radius 1 is 1.00 bits per heavy atom. The van der Waals surface area contributed by atoms with Crippen molar-refractivity contribution in [2.45, 2.75) is 46.5 Å². The number of benzene rings is 2. The second-order valence-corrected chi connectivity index (χ2v) is 8.41. The molecule has 0 spiro atoms. The van der Waals surface area contributed by atoms with E-state index in [1.165, 1.54) is 19.3 Å². The maximum Gasteiger partial charge on any atom is 0.204 e. The van der Waals surface area contributed by atoms with Crippen LogP contribution in [0.25, 0.3) is 11.3 Å². The maximum absolute atomic E-state index is 5.93. The topological polar surface area (TPSA) is 55.7 Å². The van der Waals surface area contributed by atoms with Crippen molar-refractivity contribution in [3.8, 4) is 22.8 Å². The zero-order valence-electron chi connectivity index (χ0n) is 18.6. The lowest BCUT2D eigenvalue weighted by Gasteiger charge is -2.12. The van der Waals surface area contributed by atoms with Gasteiger partial charge in [0.1, 0.15) is 0 Å². The molecule has 0 unspecified atom stereocenters. The Balaban J connectivity index is 1.62. The molecule has 0 saturated carbocycles. The van der Waals surface area contributed by atoms with E-state index in [0.29, 0.717) is 13.2 Å². The molecule has 0 atom stereocenters. The lowest BCUT2D eigenvalue weighted by molar-refractivity contribution is 0.270. The highest BCUT2D eigenvalue weighted by molar-refractivity contribution is 7.15. The molecule has 0 aliphatic rings. The molecule has 1 aromatic heterocycles. The van der Waals surface area contributed by atoms with Gasteiger partial charge in [-0.1, -0.05) is 56.5 Å². The fourth-order valence-electron chi connectivity index (χ4n) is 3.17. The largest absolute Gasteiger partial charge is 0.490 e. The van der Waals surface area contributed by atoms with Gasteiger partial charge in [-0.05, 0) is 44.0 Å². The Kier molecular flexibility index (Phi) is 8.91. The van der Waals surface area contributed by atoms with Crippen LogP contribution in [0, 0.1) is 6.92 Å². The molecule has 1 N–H and O–H groups in total. The Labute approximate surface area is 189 Å². The van der Waals surface area contributed by atoms with Gasteiger partial charge >= 0.3 is 0 Å². The number of aromatic nitrogens is 1. The van der Waals surface area contributed by atoms with Crippen LogP contribution < -0.4 is 14.9 Å². The van der Waals surface area contributed by atoms with Gasteiger partial charge in [0.25, 0.3) is 0 Å². The van der Waals surface area contributed by atoms with Crippen LogP contribution in [0.3, 0.4) is 0 Å². The van der Waals surface area contributed by atoms with Crippen LogP contribution in [0.2, 0.25) is 0 Å². The normalized spacial score (nSPS) is 11.1. The molecule has 0 radical (unpaired) electrons. The highest BCUT2D eigenvalue weighted by Gasteiger charge is 2.09. The second-order valence-electron chi connectivity index (χ2n) is 7.21. The van der Waals surface area contributed by atoms with Gasteiger partial charge in [-0.2, -0.15) is 5.10 Å². The first-order valence-electron chi connectivity index (χ1n) is 10.9. The summed E-state index contributed by atoms with van der Waals surface area (Å²) in [7, 11) is 0. The summed E-state index contributed by atoms with van der Waals surface area (Å²) in [4.78, 5) is 5.83. The number of unbranched alkanes of at least 4 members (excludes halogenated alkanes) is 3. The van der Waals surface area contributed by atoms with Gasteiger partial charge in [-0.3, -0.25) is 5.43 Å². The smallest absolute Gasteiger partial charge is 0.204 e. The molecular weight excluding hydrogens is 406 g/mol. The molecule has 6 heteroatoms. The number of hydrogen-bond acceptors (Lipinski definition) is 6. The van der Waals surface area contributed by atoms with E-state index in [9.17, 15) is 0 Å². The van der Waals surface area contributed by atoms with Gasteiger partial charge in [0, 0.05) is 10.4 Å². The zero-order chi connectivity index (χ0) is 21.9. The third-order valence-electron chi connectivity index (χ3n) is 4.74. The fraction of sp³-hybridized carbons (Fsp3) is 0.360. The number of ether oxygens (including phenoxy) is 2. The number of aryl methyl sites for hydroxylation is 1. The zero-order valence-corrected chi connectivity index (χ0v) is 19.4. The second kappa shape index (κ2) is 12.1. The fourth-order valence-corrected chi connectivity index (χ4v) is 3.96. The molecule has 0 bridgehead atoms. The third kappa shape index (κ3) is 6.82. The summed E-state index contributed by atoms with van der Waals surface area (Å²) in [5, 5.41) is 5.13. The number of nitrogens with zero attached hydrogens (tertiary/aromatic N) is 2. The number of thiazole rings is 1. The van der Waals surface area contributed by atoms with Gasteiger partial charge in [0.15, 0.2) is 11.5 Å². The first-order valence-corrected chi connectivity index (χ1v) is 11.7. The van der Waals surface area contributed by atoms with Crippen molar-refractivity contribution in [2.75, 3.05) is 18.6 Å². The Bertz CT molecular complexity index is 970. The van der Waals surface area contributed by atoms with E-state index in [0.717, 1.165) is 44.7 Å². The summed E-state index contributed by atoms with van der Waals surface area (Å²) >= 11 is 1.59. The van der Waals surface area contributed by atoms with Crippen molar-refractivity contribution < 1.29 is 9.47 Å². The predicted molar refractivity (Wildman–Crippen MR) is 131 cm³/mol. The quantitative estimate of drug-likeness (QED) is 0.190. The van der Waals surface area contributed by atoms with Crippen LogP contribution in [-0.4, -0.2) is 24.4 Å². The molecule has 3 rings (SSSR count). The summed E-state index contributed by atoms with van der Waals surface area (Å²) in [5.41, 5.74) is 6.08. The van der Waals surface area contributed by atoms with Crippen LogP contribution in [0.4, 0.5) is 5.13 Å².